The van der Waals surface area contributed by atoms with Crippen molar-refractivity contribution in [3.63, 3.8) is 0 Å². The first-order valence-electron chi connectivity index (χ1n) is 7.86. The number of hydrogen-bond acceptors (Lipinski definition) is 5. The Morgan fingerprint density at radius 3 is 2.54 bits per heavy atom. The highest BCUT2D eigenvalue weighted by atomic mass is 35.5. The first-order valence-corrected chi connectivity index (χ1v) is 9.30. The van der Waals surface area contributed by atoms with Gasteiger partial charge in [-0.3, -0.25) is 4.98 Å². The Morgan fingerprint density at radius 1 is 1.04 bits per heavy atom. The summed E-state index contributed by atoms with van der Waals surface area (Å²) in [7, 11) is -3.53. The van der Waals surface area contributed by atoms with Crippen molar-refractivity contribution in [1.82, 2.24) is 19.9 Å². The highest BCUT2D eigenvalue weighted by Gasteiger charge is 2.29. The summed E-state index contributed by atoms with van der Waals surface area (Å²) in [6.07, 6.45) is 3.41. The number of aromatic nitrogens is 1. The molecule has 1 aliphatic heterocycles. The predicted molar refractivity (Wildman–Crippen MR) is 113 cm³/mol. The molecule has 2 N–H and O–H groups in total. The van der Waals surface area contributed by atoms with Gasteiger partial charge < -0.3 is 10.6 Å². The molecule has 1 saturated heterocycles. The van der Waals surface area contributed by atoms with E-state index in [1.165, 1.54) is 0 Å². The first kappa shape index (κ1) is 25.3. The molecule has 26 heavy (non-hydrogen) atoms. The molecule has 2 heterocycles. The molecule has 6 nitrogen and oxygen atoms in total. The second-order valence-corrected chi connectivity index (χ2v) is 7.69. The van der Waals surface area contributed by atoms with Crippen LogP contribution in [0.15, 0.2) is 41.6 Å². The molecular formula is C16H25Cl3N4O2S. The van der Waals surface area contributed by atoms with Crippen molar-refractivity contribution in [2.24, 2.45) is 0 Å². The van der Waals surface area contributed by atoms with Crippen molar-refractivity contribution in [2.75, 3.05) is 32.7 Å². The topological polar surface area (TPSA) is 74.3 Å². The summed E-state index contributed by atoms with van der Waals surface area (Å²) in [6.45, 7) is 5.42. The molecule has 1 fully saturated rings. The minimum Gasteiger partial charge on any atom is -0.314 e. The summed E-state index contributed by atoms with van der Waals surface area (Å²) in [4.78, 5) is 4.40. The average molecular weight is 444 g/mol. The Balaban J connectivity index is 0.00000208. The van der Waals surface area contributed by atoms with Crippen LogP contribution in [-0.4, -0.2) is 56.5 Å². The summed E-state index contributed by atoms with van der Waals surface area (Å²) >= 11 is 0. The quantitative estimate of drug-likeness (QED) is 0.743. The van der Waals surface area contributed by atoms with Crippen molar-refractivity contribution >= 4 is 58.0 Å². The van der Waals surface area contributed by atoms with E-state index < -0.39 is 10.0 Å². The van der Waals surface area contributed by atoms with E-state index in [0.717, 1.165) is 23.9 Å². The van der Waals surface area contributed by atoms with E-state index in [4.69, 9.17) is 0 Å². The van der Waals surface area contributed by atoms with E-state index in [2.05, 4.69) is 15.6 Å². The smallest absolute Gasteiger partial charge is 0.243 e. The van der Waals surface area contributed by atoms with Crippen molar-refractivity contribution < 1.29 is 8.42 Å². The number of hydrogen-bond donors (Lipinski definition) is 2. The molecule has 0 amide bonds. The largest absolute Gasteiger partial charge is 0.314 e. The summed E-state index contributed by atoms with van der Waals surface area (Å²) in [5.41, 5.74) is 0. The molecule has 3 rings (SSSR count). The van der Waals surface area contributed by atoms with E-state index in [-0.39, 0.29) is 43.3 Å². The zero-order valence-corrected chi connectivity index (χ0v) is 17.7. The van der Waals surface area contributed by atoms with Gasteiger partial charge in [-0.05, 0) is 30.5 Å². The van der Waals surface area contributed by atoms with Gasteiger partial charge in [0.25, 0.3) is 0 Å². The van der Waals surface area contributed by atoms with E-state index >= 15 is 0 Å². The van der Waals surface area contributed by atoms with E-state index in [1.54, 1.807) is 28.8 Å². The molecular weight excluding hydrogens is 419 g/mol. The SMILES string of the molecule is C[C@@H]1CNCCNCCN1S(=O)(=O)c1ccc2cnccc2c1.Cl.Cl.Cl. The third kappa shape index (κ3) is 5.66. The van der Waals surface area contributed by atoms with Crippen molar-refractivity contribution in [3.05, 3.63) is 36.7 Å². The zero-order valence-electron chi connectivity index (χ0n) is 14.4. The lowest BCUT2D eigenvalue weighted by molar-refractivity contribution is 0.335. The van der Waals surface area contributed by atoms with Gasteiger partial charge in [-0.2, -0.15) is 4.31 Å². The Kier molecular flexibility index (Phi) is 10.9. The van der Waals surface area contributed by atoms with Gasteiger partial charge in [0, 0.05) is 56.5 Å². The zero-order chi connectivity index (χ0) is 16.3. The van der Waals surface area contributed by atoms with E-state index in [1.807, 2.05) is 19.1 Å². The van der Waals surface area contributed by atoms with Gasteiger partial charge in [0.1, 0.15) is 0 Å². The van der Waals surface area contributed by atoms with Gasteiger partial charge in [-0.25, -0.2) is 8.42 Å². The molecule has 10 heteroatoms. The van der Waals surface area contributed by atoms with Crippen LogP contribution in [0.1, 0.15) is 6.92 Å². The molecule has 0 aliphatic carbocycles. The molecule has 0 saturated carbocycles. The van der Waals surface area contributed by atoms with Gasteiger partial charge in [0.05, 0.1) is 4.90 Å². The van der Waals surface area contributed by atoms with Gasteiger partial charge in [-0.1, -0.05) is 6.07 Å². The lowest BCUT2D eigenvalue weighted by Crippen LogP contribution is -2.45. The van der Waals surface area contributed by atoms with Crippen LogP contribution in [0.4, 0.5) is 0 Å². The predicted octanol–water partition coefficient (Wildman–Crippen LogP) is 2.07. The number of rotatable bonds is 2. The van der Waals surface area contributed by atoms with Crippen LogP contribution >= 0.6 is 37.2 Å². The third-order valence-corrected chi connectivity index (χ3v) is 6.15. The maximum absolute atomic E-state index is 13.1. The fraction of sp³-hybridized carbons (Fsp3) is 0.438. The number of halogens is 3. The Morgan fingerprint density at radius 2 is 1.77 bits per heavy atom. The van der Waals surface area contributed by atoms with Crippen LogP contribution in [-0.2, 0) is 10.0 Å². The molecule has 148 valence electrons. The fourth-order valence-corrected chi connectivity index (χ4v) is 4.51. The monoisotopic (exact) mass is 442 g/mol. The molecule has 0 bridgehead atoms. The van der Waals surface area contributed by atoms with Crippen LogP contribution < -0.4 is 10.6 Å². The number of fused-ring (bicyclic) bond motifs is 1. The Labute approximate surface area is 173 Å². The summed E-state index contributed by atoms with van der Waals surface area (Å²) in [6, 6.07) is 6.95. The number of nitrogens with one attached hydrogen (secondary N) is 2. The molecule has 0 unspecified atom stereocenters. The van der Waals surface area contributed by atoms with Crippen LogP contribution in [0.5, 0.6) is 0 Å². The normalized spacial score (nSPS) is 19.0. The average Bonchev–Trinajstić information content (AvgIpc) is 2.66. The van der Waals surface area contributed by atoms with Crippen LogP contribution in [0.25, 0.3) is 10.8 Å². The van der Waals surface area contributed by atoms with Gasteiger partial charge in [0.15, 0.2) is 0 Å². The molecule has 1 aliphatic rings. The van der Waals surface area contributed by atoms with Gasteiger partial charge >= 0.3 is 0 Å². The number of nitrogens with zero attached hydrogens (tertiary/aromatic N) is 2. The number of sulfonamides is 1. The summed E-state index contributed by atoms with van der Waals surface area (Å²) < 4.78 is 27.7. The van der Waals surface area contributed by atoms with Crippen molar-refractivity contribution in [2.45, 2.75) is 17.9 Å². The van der Waals surface area contributed by atoms with Crippen LogP contribution in [0, 0.1) is 0 Å². The Bertz CT molecular complexity index is 792. The molecule has 1 aromatic heterocycles. The second-order valence-electron chi connectivity index (χ2n) is 5.80. The first-order chi connectivity index (χ1) is 11.1. The van der Waals surface area contributed by atoms with Crippen LogP contribution in [0.2, 0.25) is 0 Å². The molecule has 0 radical (unpaired) electrons. The lowest BCUT2D eigenvalue weighted by Gasteiger charge is -2.28. The lowest BCUT2D eigenvalue weighted by atomic mass is 10.2. The highest BCUT2D eigenvalue weighted by Crippen LogP contribution is 2.22. The molecule has 1 aromatic carbocycles. The highest BCUT2D eigenvalue weighted by molar-refractivity contribution is 7.89. The summed E-state index contributed by atoms with van der Waals surface area (Å²) in [5, 5.41) is 8.36. The third-order valence-electron chi connectivity index (χ3n) is 4.14. The Hall–Kier alpha value is -0.670. The maximum Gasteiger partial charge on any atom is 0.243 e. The minimum atomic E-state index is -3.53. The second kappa shape index (κ2) is 11.2. The number of pyridine rings is 1. The molecule has 0 spiro atoms. The summed E-state index contributed by atoms with van der Waals surface area (Å²) in [5.74, 6) is 0. The maximum atomic E-state index is 13.1. The van der Waals surface area contributed by atoms with E-state index in [9.17, 15) is 8.42 Å². The van der Waals surface area contributed by atoms with Crippen LogP contribution in [0.3, 0.4) is 0 Å². The fourth-order valence-electron chi connectivity index (χ4n) is 2.84. The molecule has 1 atom stereocenters. The molecule has 2 aromatic rings. The van der Waals surface area contributed by atoms with Crippen molar-refractivity contribution in [1.29, 1.82) is 0 Å². The standard InChI is InChI=1S/C16H22N4O2S.3ClH/c1-13-11-19-7-6-17-8-9-20(13)23(21,22)16-3-2-15-12-18-5-4-14(15)10-16;;;/h2-5,10,12-13,17,19H,6-9,11H2,1H3;3*1H/t13-;;;/m1.../s1. The van der Waals surface area contributed by atoms with Gasteiger partial charge in [-0.15, -0.1) is 37.2 Å². The minimum absolute atomic E-state index is 0. The van der Waals surface area contributed by atoms with Gasteiger partial charge in [0.2, 0.25) is 10.0 Å². The van der Waals surface area contributed by atoms with Crippen molar-refractivity contribution in [3.8, 4) is 0 Å². The number of benzene rings is 1. The van der Waals surface area contributed by atoms with E-state index in [0.29, 0.717) is 24.5 Å².